The van der Waals surface area contributed by atoms with Crippen molar-refractivity contribution in [1.82, 2.24) is 10.2 Å². The van der Waals surface area contributed by atoms with Gasteiger partial charge in [0.25, 0.3) is 5.91 Å². The smallest absolute Gasteiger partial charge is 0.255 e. The highest BCUT2D eigenvalue weighted by Crippen LogP contribution is 2.25. The minimum absolute atomic E-state index is 0.0806. The molecule has 1 N–H and O–H groups in total. The molecule has 1 aliphatic rings. The van der Waals surface area contributed by atoms with Crippen LogP contribution in [0.1, 0.15) is 34.8 Å². The van der Waals surface area contributed by atoms with Gasteiger partial charge in [0.05, 0.1) is 16.6 Å². The first-order valence-electron chi connectivity index (χ1n) is 8.28. The molecule has 0 saturated carbocycles. The molecule has 0 spiro atoms. The third-order valence-corrected chi connectivity index (χ3v) is 4.80. The van der Waals surface area contributed by atoms with Crippen LogP contribution in [0.3, 0.4) is 0 Å². The molecule has 6 heteroatoms. The van der Waals surface area contributed by atoms with E-state index in [2.05, 4.69) is 10.2 Å². The topological polar surface area (TPSA) is 32.3 Å². The zero-order chi connectivity index (χ0) is 17.8. The van der Waals surface area contributed by atoms with Gasteiger partial charge in [0, 0.05) is 6.54 Å². The van der Waals surface area contributed by atoms with Crippen LogP contribution in [0.4, 0.5) is 8.78 Å². The van der Waals surface area contributed by atoms with Crippen molar-refractivity contribution in [2.75, 3.05) is 19.6 Å². The molecule has 1 heterocycles. The molecule has 3 nitrogen and oxygen atoms in total. The number of nitrogens with zero attached hydrogens (tertiary/aromatic N) is 1. The van der Waals surface area contributed by atoms with Gasteiger partial charge in [0.1, 0.15) is 11.6 Å². The molecule has 1 saturated heterocycles. The number of amides is 1. The second-order valence-corrected chi connectivity index (χ2v) is 6.52. The van der Waals surface area contributed by atoms with Gasteiger partial charge in [-0.1, -0.05) is 29.8 Å². The Morgan fingerprint density at radius 3 is 2.44 bits per heavy atom. The molecule has 132 valence electrons. The Kier molecular flexibility index (Phi) is 5.66. The van der Waals surface area contributed by atoms with E-state index in [-0.39, 0.29) is 22.4 Å². The van der Waals surface area contributed by atoms with Crippen LogP contribution in [0, 0.1) is 11.6 Å². The standard InChI is InChI=1S/C19H19ClF2N2O/c20-15-4-3-5-16(22)18(15)19(25)23-12-17(24-10-1-2-11-24)13-6-8-14(21)9-7-13/h3-9,17H,1-2,10-12H2,(H,23,25). The quantitative estimate of drug-likeness (QED) is 0.863. The van der Waals surface area contributed by atoms with Crippen LogP contribution < -0.4 is 5.32 Å². The molecule has 0 bridgehead atoms. The largest absolute Gasteiger partial charge is 0.350 e. The molecule has 2 aromatic rings. The summed E-state index contributed by atoms with van der Waals surface area (Å²) >= 11 is 5.95. The second kappa shape index (κ2) is 7.93. The van der Waals surface area contributed by atoms with Crippen LogP contribution in [0.25, 0.3) is 0 Å². The number of carbonyl (C=O) groups is 1. The van der Waals surface area contributed by atoms with Gasteiger partial charge in [-0.15, -0.1) is 0 Å². The first-order chi connectivity index (χ1) is 12.1. The van der Waals surface area contributed by atoms with E-state index in [1.165, 1.54) is 30.3 Å². The number of likely N-dealkylation sites (tertiary alicyclic amines) is 1. The Morgan fingerprint density at radius 1 is 1.12 bits per heavy atom. The summed E-state index contributed by atoms with van der Waals surface area (Å²) in [7, 11) is 0. The Balaban J connectivity index is 1.76. The predicted molar refractivity (Wildman–Crippen MR) is 93.7 cm³/mol. The summed E-state index contributed by atoms with van der Waals surface area (Å²) in [6.07, 6.45) is 2.18. The van der Waals surface area contributed by atoms with Gasteiger partial charge >= 0.3 is 0 Å². The molecule has 0 aliphatic carbocycles. The minimum atomic E-state index is -0.649. The summed E-state index contributed by atoms with van der Waals surface area (Å²) in [5.74, 6) is -1.50. The van der Waals surface area contributed by atoms with E-state index >= 15 is 0 Å². The highest BCUT2D eigenvalue weighted by atomic mass is 35.5. The monoisotopic (exact) mass is 364 g/mol. The molecule has 1 aliphatic heterocycles. The molecule has 1 atom stereocenters. The maximum absolute atomic E-state index is 13.9. The highest BCUT2D eigenvalue weighted by molar-refractivity contribution is 6.33. The van der Waals surface area contributed by atoms with Crippen molar-refractivity contribution in [2.24, 2.45) is 0 Å². The average molecular weight is 365 g/mol. The average Bonchev–Trinajstić information content (AvgIpc) is 3.11. The predicted octanol–water partition coefficient (Wildman–Crippen LogP) is 4.19. The van der Waals surface area contributed by atoms with Gasteiger partial charge in [-0.25, -0.2) is 8.78 Å². The molecule has 1 amide bonds. The maximum Gasteiger partial charge on any atom is 0.255 e. The summed E-state index contributed by atoms with van der Waals surface area (Å²) in [6.45, 7) is 2.13. The summed E-state index contributed by atoms with van der Waals surface area (Å²) < 4.78 is 27.1. The van der Waals surface area contributed by atoms with Crippen molar-refractivity contribution in [3.05, 3.63) is 70.2 Å². The molecular formula is C19H19ClF2N2O. The van der Waals surface area contributed by atoms with Crippen LogP contribution in [0.2, 0.25) is 5.02 Å². The lowest BCUT2D eigenvalue weighted by atomic mass is 10.0. The van der Waals surface area contributed by atoms with Crippen molar-refractivity contribution in [3.63, 3.8) is 0 Å². The zero-order valence-electron chi connectivity index (χ0n) is 13.6. The van der Waals surface area contributed by atoms with Crippen LogP contribution in [-0.2, 0) is 0 Å². The number of halogens is 3. The van der Waals surface area contributed by atoms with Gasteiger partial charge in [0.2, 0.25) is 0 Å². The van der Waals surface area contributed by atoms with Crippen LogP contribution in [0.15, 0.2) is 42.5 Å². The summed E-state index contributed by atoms with van der Waals surface area (Å²) in [5, 5.41) is 2.85. The number of benzene rings is 2. The molecule has 1 fully saturated rings. The van der Waals surface area contributed by atoms with Crippen molar-refractivity contribution < 1.29 is 13.6 Å². The number of hydrogen-bond donors (Lipinski definition) is 1. The van der Waals surface area contributed by atoms with Crippen LogP contribution >= 0.6 is 11.6 Å². The SMILES string of the molecule is O=C(NCC(c1ccc(F)cc1)N1CCCC1)c1c(F)cccc1Cl. The first-order valence-corrected chi connectivity index (χ1v) is 8.66. The van der Waals surface area contributed by atoms with Gasteiger partial charge in [-0.2, -0.15) is 0 Å². The minimum Gasteiger partial charge on any atom is -0.350 e. The van der Waals surface area contributed by atoms with E-state index in [0.29, 0.717) is 6.54 Å². The number of rotatable bonds is 5. The highest BCUT2D eigenvalue weighted by Gasteiger charge is 2.25. The van der Waals surface area contributed by atoms with Gasteiger partial charge in [0.15, 0.2) is 0 Å². The normalized spacial score (nSPS) is 16.0. The van der Waals surface area contributed by atoms with Crippen LogP contribution in [-0.4, -0.2) is 30.4 Å². The fourth-order valence-electron chi connectivity index (χ4n) is 3.19. The molecule has 0 aromatic heterocycles. The summed E-state index contributed by atoms with van der Waals surface area (Å²) in [6, 6.07) is 10.3. The Morgan fingerprint density at radius 2 is 1.80 bits per heavy atom. The van der Waals surface area contributed by atoms with Gasteiger partial charge < -0.3 is 5.32 Å². The Hall–Kier alpha value is -1.98. The maximum atomic E-state index is 13.9. The molecule has 0 radical (unpaired) electrons. The molecule has 2 aromatic carbocycles. The van der Waals surface area contributed by atoms with Crippen molar-refractivity contribution >= 4 is 17.5 Å². The number of nitrogens with one attached hydrogen (secondary N) is 1. The van der Waals surface area contributed by atoms with Crippen molar-refractivity contribution in [1.29, 1.82) is 0 Å². The third kappa shape index (κ3) is 4.17. The van der Waals surface area contributed by atoms with E-state index in [0.717, 1.165) is 31.5 Å². The van der Waals surface area contributed by atoms with Gasteiger partial charge in [-0.05, 0) is 55.8 Å². The lowest BCUT2D eigenvalue weighted by Gasteiger charge is -2.28. The Bertz CT molecular complexity index is 725. The summed E-state index contributed by atoms with van der Waals surface area (Å²) in [4.78, 5) is 14.6. The fraction of sp³-hybridized carbons (Fsp3) is 0.316. The van der Waals surface area contributed by atoms with E-state index in [1.54, 1.807) is 12.1 Å². The van der Waals surface area contributed by atoms with E-state index in [9.17, 15) is 13.6 Å². The Labute approximate surface area is 150 Å². The molecule has 1 unspecified atom stereocenters. The second-order valence-electron chi connectivity index (χ2n) is 6.12. The third-order valence-electron chi connectivity index (χ3n) is 4.48. The van der Waals surface area contributed by atoms with E-state index in [4.69, 9.17) is 11.6 Å². The fourth-order valence-corrected chi connectivity index (χ4v) is 3.44. The number of hydrogen-bond acceptors (Lipinski definition) is 2. The molecular weight excluding hydrogens is 346 g/mol. The molecule has 25 heavy (non-hydrogen) atoms. The van der Waals surface area contributed by atoms with Crippen molar-refractivity contribution in [3.8, 4) is 0 Å². The van der Waals surface area contributed by atoms with E-state index in [1.807, 2.05) is 0 Å². The summed E-state index contributed by atoms with van der Waals surface area (Å²) in [5.41, 5.74) is 0.770. The number of carbonyl (C=O) groups excluding carboxylic acids is 1. The van der Waals surface area contributed by atoms with Crippen molar-refractivity contribution in [2.45, 2.75) is 18.9 Å². The zero-order valence-corrected chi connectivity index (χ0v) is 14.4. The first kappa shape index (κ1) is 17.8. The van der Waals surface area contributed by atoms with Gasteiger partial charge in [-0.3, -0.25) is 9.69 Å². The lowest BCUT2D eigenvalue weighted by Crippen LogP contribution is -2.37. The molecule has 3 rings (SSSR count). The van der Waals surface area contributed by atoms with E-state index < -0.39 is 11.7 Å². The lowest BCUT2D eigenvalue weighted by molar-refractivity contribution is 0.0934. The van der Waals surface area contributed by atoms with Crippen LogP contribution in [0.5, 0.6) is 0 Å².